The molecule has 1 aliphatic carbocycles. The van der Waals surface area contributed by atoms with E-state index in [4.69, 9.17) is 0 Å². The molecule has 0 nitrogen and oxygen atoms in total. The van der Waals surface area contributed by atoms with Crippen molar-refractivity contribution >= 4 is 15.9 Å². The summed E-state index contributed by atoms with van der Waals surface area (Å²) in [6.45, 7) is 8.50. The molecule has 12 heavy (non-hydrogen) atoms. The van der Waals surface area contributed by atoms with E-state index in [1.165, 1.54) is 37.7 Å². The molecule has 1 fully saturated rings. The molecule has 2 unspecified atom stereocenters. The summed E-state index contributed by atoms with van der Waals surface area (Å²) in [6.07, 6.45) is 6.61. The summed E-state index contributed by atoms with van der Waals surface area (Å²) >= 11 is 3.70. The van der Waals surface area contributed by atoms with Gasteiger partial charge in [-0.3, -0.25) is 0 Å². The zero-order valence-corrected chi connectivity index (χ0v) is 9.78. The number of alkyl halides is 1. The molecule has 0 amide bonds. The van der Waals surface area contributed by atoms with Crippen LogP contribution >= 0.6 is 15.9 Å². The summed E-state index contributed by atoms with van der Waals surface area (Å²) < 4.78 is 0. The number of rotatable bonds is 3. The molecule has 1 aliphatic rings. The molecule has 0 saturated heterocycles. The lowest BCUT2D eigenvalue weighted by Gasteiger charge is -2.23. The molecule has 0 aromatic rings. The van der Waals surface area contributed by atoms with Crippen molar-refractivity contribution < 1.29 is 0 Å². The fourth-order valence-electron chi connectivity index (χ4n) is 1.99. The molecule has 0 aromatic carbocycles. The summed E-state index contributed by atoms with van der Waals surface area (Å²) in [4.78, 5) is 0.771. The lowest BCUT2D eigenvalue weighted by molar-refractivity contribution is 0.310. The van der Waals surface area contributed by atoms with Crippen LogP contribution in [0.2, 0.25) is 0 Å². The van der Waals surface area contributed by atoms with Crippen LogP contribution in [0.15, 0.2) is 12.2 Å². The molecule has 1 heteroatoms. The highest BCUT2D eigenvalue weighted by atomic mass is 79.9. The molecule has 0 aliphatic heterocycles. The van der Waals surface area contributed by atoms with Crippen molar-refractivity contribution in [2.45, 2.75) is 50.8 Å². The van der Waals surface area contributed by atoms with Gasteiger partial charge >= 0.3 is 0 Å². The molecule has 0 spiro atoms. The second-order valence-electron chi connectivity index (χ2n) is 4.61. The number of hydrogen-bond acceptors (Lipinski definition) is 0. The normalized spacial score (nSPS) is 35.4. The van der Waals surface area contributed by atoms with Crippen molar-refractivity contribution in [3.63, 3.8) is 0 Å². The monoisotopic (exact) mass is 230 g/mol. The lowest BCUT2D eigenvalue weighted by Crippen LogP contribution is -2.11. The SMILES string of the molecule is C=C(C)CCC1(C)CCC(Br)C1. The fourth-order valence-corrected chi connectivity index (χ4v) is 3.00. The van der Waals surface area contributed by atoms with Gasteiger partial charge in [0.2, 0.25) is 0 Å². The highest BCUT2D eigenvalue weighted by Crippen LogP contribution is 2.44. The van der Waals surface area contributed by atoms with Gasteiger partial charge in [-0.2, -0.15) is 0 Å². The summed E-state index contributed by atoms with van der Waals surface area (Å²) in [5.41, 5.74) is 1.92. The third-order valence-corrected chi connectivity index (χ3v) is 3.71. The average molecular weight is 231 g/mol. The molecule has 70 valence electrons. The molecule has 0 radical (unpaired) electrons. The van der Waals surface area contributed by atoms with E-state index in [0.29, 0.717) is 5.41 Å². The minimum atomic E-state index is 0.590. The van der Waals surface area contributed by atoms with Crippen molar-refractivity contribution in [2.24, 2.45) is 5.41 Å². The summed E-state index contributed by atoms with van der Waals surface area (Å²) in [5, 5.41) is 0. The molecule has 1 saturated carbocycles. The Morgan fingerprint density at radius 1 is 1.67 bits per heavy atom. The average Bonchev–Trinajstić information content (AvgIpc) is 2.29. The topological polar surface area (TPSA) is 0 Å². The first kappa shape index (κ1) is 10.3. The molecule has 0 aromatic heterocycles. The molecule has 0 heterocycles. The van der Waals surface area contributed by atoms with Crippen LogP contribution < -0.4 is 0 Å². The van der Waals surface area contributed by atoms with Crippen LogP contribution in [0.1, 0.15) is 46.0 Å². The Morgan fingerprint density at radius 2 is 2.33 bits per heavy atom. The summed E-state index contributed by atoms with van der Waals surface area (Å²) in [5.74, 6) is 0. The van der Waals surface area contributed by atoms with Crippen LogP contribution in [-0.2, 0) is 0 Å². The smallest absolute Gasteiger partial charge is 0.0151 e. The highest BCUT2D eigenvalue weighted by Gasteiger charge is 2.32. The minimum Gasteiger partial charge on any atom is -0.100 e. The van der Waals surface area contributed by atoms with E-state index in [-0.39, 0.29) is 0 Å². The van der Waals surface area contributed by atoms with E-state index in [1.54, 1.807) is 0 Å². The van der Waals surface area contributed by atoms with Crippen LogP contribution in [0.4, 0.5) is 0 Å². The maximum Gasteiger partial charge on any atom is 0.0151 e. The number of halogens is 1. The molecule has 2 atom stereocenters. The lowest BCUT2D eigenvalue weighted by atomic mass is 9.83. The maximum atomic E-state index is 3.95. The van der Waals surface area contributed by atoms with Gasteiger partial charge < -0.3 is 0 Å². The van der Waals surface area contributed by atoms with E-state index in [0.717, 1.165) is 4.83 Å². The first-order valence-corrected chi connectivity index (χ1v) is 5.72. The third kappa shape index (κ3) is 2.93. The molecular formula is C11H19Br. The van der Waals surface area contributed by atoms with Gasteiger partial charge in [-0.05, 0) is 44.4 Å². The molecule has 1 rings (SSSR count). The minimum absolute atomic E-state index is 0.590. The van der Waals surface area contributed by atoms with Gasteiger partial charge in [0.1, 0.15) is 0 Å². The summed E-state index contributed by atoms with van der Waals surface area (Å²) in [7, 11) is 0. The van der Waals surface area contributed by atoms with Gasteiger partial charge in [0.25, 0.3) is 0 Å². The van der Waals surface area contributed by atoms with Gasteiger partial charge in [-0.1, -0.05) is 28.4 Å². The van der Waals surface area contributed by atoms with Crippen LogP contribution in [0.3, 0.4) is 0 Å². The second kappa shape index (κ2) is 3.95. The van der Waals surface area contributed by atoms with Crippen molar-refractivity contribution in [3.05, 3.63) is 12.2 Å². The second-order valence-corrected chi connectivity index (χ2v) is 5.90. The molecule has 0 bridgehead atoms. The van der Waals surface area contributed by atoms with Crippen LogP contribution in [0.5, 0.6) is 0 Å². The third-order valence-electron chi connectivity index (χ3n) is 2.93. The van der Waals surface area contributed by atoms with Gasteiger partial charge in [-0.15, -0.1) is 6.58 Å². The van der Waals surface area contributed by atoms with Gasteiger partial charge in [0, 0.05) is 4.83 Å². The Balaban J connectivity index is 2.35. The fraction of sp³-hybridized carbons (Fsp3) is 0.818. The van der Waals surface area contributed by atoms with Crippen LogP contribution in [-0.4, -0.2) is 4.83 Å². The largest absolute Gasteiger partial charge is 0.100 e. The first-order valence-electron chi connectivity index (χ1n) is 4.80. The Bertz CT molecular complexity index is 174. The first-order chi connectivity index (χ1) is 5.52. The Labute approximate surface area is 84.6 Å². The van der Waals surface area contributed by atoms with Gasteiger partial charge in [-0.25, -0.2) is 0 Å². The predicted molar refractivity (Wildman–Crippen MR) is 58.7 cm³/mol. The number of allylic oxidation sites excluding steroid dienone is 1. The van der Waals surface area contributed by atoms with E-state index >= 15 is 0 Å². The molecular weight excluding hydrogens is 212 g/mol. The van der Waals surface area contributed by atoms with E-state index in [2.05, 4.69) is 36.4 Å². The van der Waals surface area contributed by atoms with E-state index in [9.17, 15) is 0 Å². The summed E-state index contributed by atoms with van der Waals surface area (Å²) in [6, 6.07) is 0. The Hall–Kier alpha value is 0.220. The van der Waals surface area contributed by atoms with Crippen molar-refractivity contribution in [1.29, 1.82) is 0 Å². The molecule has 0 N–H and O–H groups in total. The Kier molecular flexibility index (Phi) is 3.39. The van der Waals surface area contributed by atoms with Crippen molar-refractivity contribution in [1.82, 2.24) is 0 Å². The van der Waals surface area contributed by atoms with Crippen molar-refractivity contribution in [2.75, 3.05) is 0 Å². The highest BCUT2D eigenvalue weighted by molar-refractivity contribution is 9.09. The quantitative estimate of drug-likeness (QED) is 0.502. The standard InChI is InChI=1S/C11H19Br/c1-9(2)4-6-11(3)7-5-10(12)8-11/h10H,1,4-8H2,2-3H3. The Morgan fingerprint density at radius 3 is 2.75 bits per heavy atom. The zero-order chi connectivity index (χ0) is 9.19. The maximum absolute atomic E-state index is 3.95. The van der Waals surface area contributed by atoms with Gasteiger partial charge in [0.05, 0.1) is 0 Å². The predicted octanol–water partition coefficient (Wildman–Crippen LogP) is 4.30. The van der Waals surface area contributed by atoms with E-state index in [1.807, 2.05) is 0 Å². The van der Waals surface area contributed by atoms with Crippen LogP contribution in [0.25, 0.3) is 0 Å². The number of hydrogen-bond donors (Lipinski definition) is 0. The van der Waals surface area contributed by atoms with E-state index < -0.39 is 0 Å². The van der Waals surface area contributed by atoms with Crippen LogP contribution in [0, 0.1) is 5.41 Å². The zero-order valence-electron chi connectivity index (χ0n) is 8.20. The van der Waals surface area contributed by atoms with Gasteiger partial charge in [0.15, 0.2) is 0 Å². The van der Waals surface area contributed by atoms with Crippen molar-refractivity contribution in [3.8, 4) is 0 Å².